The van der Waals surface area contributed by atoms with Crippen molar-refractivity contribution in [3.8, 4) is 0 Å². The predicted molar refractivity (Wildman–Crippen MR) is 466 cm³/mol. The number of para-hydroxylation sites is 2. The topological polar surface area (TPSA) is 13.0 Å². The molecule has 0 amide bonds. The number of hydrogen-bond donors (Lipinski definition) is 0. The maximum Gasteiger partial charge on any atom is 0.252 e. The van der Waals surface area contributed by atoms with E-state index in [9.17, 15) is 0 Å². The summed E-state index contributed by atoms with van der Waals surface area (Å²) < 4.78 is 0. The molecular weight excluding hydrogens is 1280 g/mol. The highest BCUT2D eigenvalue weighted by Crippen LogP contribution is 2.52. The van der Waals surface area contributed by atoms with Gasteiger partial charge in [-0.25, -0.2) is 0 Å². The SMILES string of the molecule is CC(C)(C)c1cc(N2c3ccccc3B3c4ccccc4N(c4cc(C(C)(C)C)cc(C(C)(C)CCC(C)(C)c5cc(N6c7ccc(C(C)(C)C)cc7B7c8cc(C(C)(C)C)ccc8N(c8cc(C(C)(C)C)cc(C(C)(C)C)c8)c8cccc6c87)cc(C(C)(C)C)c5)c4)c4cccc2c43)cc(C(C)(C)C)c1. The van der Waals surface area contributed by atoms with Gasteiger partial charge in [0.05, 0.1) is 0 Å². The molecule has 0 aromatic heterocycles. The largest absolute Gasteiger partial charge is 0.311 e. The molecule has 106 heavy (non-hydrogen) atoms. The van der Waals surface area contributed by atoms with E-state index >= 15 is 0 Å². The van der Waals surface area contributed by atoms with Gasteiger partial charge in [0.2, 0.25) is 0 Å². The van der Waals surface area contributed by atoms with Gasteiger partial charge in [-0.1, -0.05) is 291 Å². The first kappa shape index (κ1) is 74.4. The Labute approximate surface area is 640 Å². The molecule has 10 aromatic carbocycles. The Morgan fingerprint density at radius 2 is 0.415 bits per heavy atom. The molecule has 4 aliphatic heterocycles. The van der Waals surface area contributed by atoms with E-state index < -0.39 is 0 Å². The van der Waals surface area contributed by atoms with Crippen molar-refractivity contribution in [2.75, 3.05) is 19.6 Å². The molecule has 0 saturated carbocycles. The van der Waals surface area contributed by atoms with Gasteiger partial charge >= 0.3 is 0 Å². The van der Waals surface area contributed by atoms with E-state index in [1.165, 1.54) is 157 Å². The van der Waals surface area contributed by atoms with Crippen molar-refractivity contribution in [1.82, 2.24) is 0 Å². The minimum absolute atomic E-state index is 0.00567. The Balaban J connectivity index is 0.891. The van der Waals surface area contributed by atoms with Crippen LogP contribution in [0.15, 0.2) is 194 Å². The molecule has 0 saturated heterocycles. The summed E-state index contributed by atoms with van der Waals surface area (Å²) in [7, 11) is 0. The first-order valence-electron chi connectivity index (χ1n) is 39.7. The summed E-state index contributed by atoms with van der Waals surface area (Å²) >= 11 is 0. The summed E-state index contributed by atoms with van der Waals surface area (Å²) in [5, 5.41) is 0. The van der Waals surface area contributed by atoms with Gasteiger partial charge in [-0.15, -0.1) is 0 Å². The summed E-state index contributed by atoms with van der Waals surface area (Å²) in [6.45, 7) is 67.0. The van der Waals surface area contributed by atoms with Crippen LogP contribution in [0, 0.1) is 0 Å². The smallest absolute Gasteiger partial charge is 0.252 e. The van der Waals surface area contributed by atoms with Gasteiger partial charge in [0.25, 0.3) is 13.4 Å². The lowest BCUT2D eigenvalue weighted by atomic mass is 9.33. The van der Waals surface area contributed by atoms with Gasteiger partial charge in [0.1, 0.15) is 0 Å². The Kier molecular flexibility index (Phi) is 17.6. The Bertz CT molecular complexity index is 5070. The second-order valence-electron chi connectivity index (χ2n) is 41.6. The first-order valence-corrected chi connectivity index (χ1v) is 39.7. The number of anilines is 12. The van der Waals surface area contributed by atoms with E-state index in [2.05, 4.69) is 408 Å². The lowest BCUT2D eigenvalue weighted by Gasteiger charge is -2.45. The molecule has 0 fully saturated rings. The maximum atomic E-state index is 2.67. The van der Waals surface area contributed by atoms with Crippen molar-refractivity contribution in [2.45, 2.75) is 261 Å². The zero-order chi connectivity index (χ0) is 76.7. The number of nitrogens with zero attached hydrogens (tertiary/aromatic N) is 4. The molecule has 0 spiro atoms. The van der Waals surface area contributed by atoms with Crippen molar-refractivity contribution < 1.29 is 0 Å². The van der Waals surface area contributed by atoms with Crippen LogP contribution in [0.3, 0.4) is 0 Å². The van der Waals surface area contributed by atoms with Crippen LogP contribution in [-0.2, 0) is 54.1 Å². The molecule has 4 nitrogen and oxygen atoms in total. The molecular formula is C100H120B2N4. The molecule has 546 valence electrons. The number of benzene rings is 10. The zero-order valence-electron chi connectivity index (χ0n) is 69.8. The fraction of sp³-hybridized carbons (Fsp3) is 0.400. The van der Waals surface area contributed by atoms with E-state index in [-0.39, 0.29) is 67.6 Å². The van der Waals surface area contributed by atoms with Crippen molar-refractivity contribution in [3.05, 3.63) is 250 Å². The quantitative estimate of drug-likeness (QED) is 0.134. The molecule has 0 aliphatic carbocycles. The van der Waals surface area contributed by atoms with Crippen LogP contribution >= 0.6 is 0 Å². The average molecular weight is 1400 g/mol. The lowest BCUT2D eigenvalue weighted by Crippen LogP contribution is -2.61. The van der Waals surface area contributed by atoms with Crippen LogP contribution in [0.5, 0.6) is 0 Å². The van der Waals surface area contributed by atoms with Gasteiger partial charge in [0, 0.05) is 68.2 Å². The number of rotatable bonds is 9. The van der Waals surface area contributed by atoms with Crippen LogP contribution < -0.4 is 52.4 Å². The molecule has 6 heteroatoms. The van der Waals surface area contributed by atoms with E-state index in [1.807, 2.05) is 0 Å². The molecule has 14 rings (SSSR count). The van der Waals surface area contributed by atoms with E-state index in [4.69, 9.17) is 0 Å². The highest BCUT2D eigenvalue weighted by atomic mass is 15.2. The van der Waals surface area contributed by atoms with Crippen molar-refractivity contribution in [2.24, 2.45) is 0 Å². The van der Waals surface area contributed by atoms with Gasteiger partial charge in [-0.3, -0.25) is 0 Å². The van der Waals surface area contributed by atoms with Crippen LogP contribution in [0.4, 0.5) is 68.2 Å². The summed E-state index contributed by atoms with van der Waals surface area (Å²) in [4.78, 5) is 10.5. The highest BCUT2D eigenvalue weighted by molar-refractivity contribution is 7.01. The second kappa shape index (κ2) is 25.0. The monoisotopic (exact) mass is 1400 g/mol. The Morgan fingerprint density at radius 1 is 0.198 bits per heavy atom. The summed E-state index contributed by atoms with van der Waals surface area (Å²) in [5.41, 5.74) is 35.4. The van der Waals surface area contributed by atoms with Gasteiger partial charge < -0.3 is 19.6 Å². The van der Waals surface area contributed by atoms with E-state index in [1.54, 1.807) is 0 Å². The summed E-state index contributed by atoms with van der Waals surface area (Å²) in [5.74, 6) is 0. The Morgan fingerprint density at radius 3 is 0.679 bits per heavy atom. The molecule has 0 atom stereocenters. The Hall–Kier alpha value is -8.47. The third kappa shape index (κ3) is 13.2. The fourth-order valence-corrected chi connectivity index (χ4v) is 17.1. The highest BCUT2D eigenvalue weighted by Gasteiger charge is 2.47. The molecule has 10 aromatic rings. The fourth-order valence-electron chi connectivity index (χ4n) is 17.1. The number of fused-ring (bicyclic) bond motifs is 8. The minimum Gasteiger partial charge on any atom is -0.311 e. The first-order chi connectivity index (χ1) is 49.1. The van der Waals surface area contributed by atoms with Crippen molar-refractivity contribution in [3.63, 3.8) is 0 Å². The van der Waals surface area contributed by atoms with Crippen LogP contribution in [0.25, 0.3) is 0 Å². The number of hydrogen-bond acceptors (Lipinski definition) is 4. The normalized spacial score (nSPS) is 14.8. The third-order valence-electron chi connectivity index (χ3n) is 24.4. The van der Waals surface area contributed by atoms with E-state index in [0.29, 0.717) is 0 Å². The summed E-state index contributed by atoms with van der Waals surface area (Å²) in [6.07, 6.45) is 1.96. The van der Waals surface area contributed by atoms with Crippen molar-refractivity contribution in [1.29, 1.82) is 0 Å². The van der Waals surface area contributed by atoms with E-state index in [0.717, 1.165) is 12.8 Å². The molecule has 0 unspecified atom stereocenters. The van der Waals surface area contributed by atoms with Gasteiger partial charge in [0.15, 0.2) is 0 Å². The van der Waals surface area contributed by atoms with Gasteiger partial charge in [-0.05, 0) is 252 Å². The molecule has 0 radical (unpaired) electrons. The average Bonchev–Trinajstić information content (AvgIpc) is 0.701. The molecule has 4 heterocycles. The predicted octanol–water partition coefficient (Wildman–Crippen LogP) is 24.3. The summed E-state index contributed by atoms with van der Waals surface area (Å²) in [6, 6.07) is 77.9. The van der Waals surface area contributed by atoms with Crippen LogP contribution in [0.1, 0.15) is 262 Å². The third-order valence-corrected chi connectivity index (χ3v) is 24.4. The molecule has 0 N–H and O–H groups in total. The second-order valence-corrected chi connectivity index (χ2v) is 41.6. The standard InChI is InChI=1S/C100H120B2N4/c1-91(2,3)63-43-45-83-79(61-63)102-80-62-64(92(4,5)6)44-46-84(80)106(88-42-34-41-87(90(88)102)105(83)74-55-67(95(13,14)15)50-68(56-74)96(16,17)18)76-58-70(98(22,23)24)52-72(60-76)100(27,28)48-47-99(25,26)71-51-69(97(19,20)21)57-75(59-71)104-82-38-32-30-36-78(82)101-77-35-29-31-37-81(77)103(85-39-33-40-86(104)89(85)101)73-53-65(93(7,8)9)49-66(54-73)94(10,11)12/h29-46,49-62H,47-48H2,1-28H3. The van der Waals surface area contributed by atoms with Crippen LogP contribution in [-0.4, -0.2) is 13.4 Å². The van der Waals surface area contributed by atoms with Crippen molar-refractivity contribution >= 4 is 114 Å². The van der Waals surface area contributed by atoms with Crippen LogP contribution in [0.2, 0.25) is 0 Å². The molecule has 0 bridgehead atoms. The molecule has 4 aliphatic rings. The zero-order valence-corrected chi connectivity index (χ0v) is 69.8. The maximum absolute atomic E-state index is 2.67. The minimum atomic E-state index is -0.223. The van der Waals surface area contributed by atoms with Gasteiger partial charge in [-0.2, -0.15) is 0 Å². The lowest BCUT2D eigenvalue weighted by molar-refractivity contribution is 0.374.